The molecule has 1 rings (SSSR count). The molecule has 1 saturated carbocycles. The number of aliphatic carboxylic acids is 1. The molecule has 1 fully saturated rings. The predicted octanol–water partition coefficient (Wildman–Crippen LogP) is 1.36. The van der Waals surface area contributed by atoms with Crippen molar-refractivity contribution in [2.45, 2.75) is 20.3 Å². The molecule has 0 aromatic heterocycles. The Balaban J connectivity index is 2.36. The molecule has 0 amide bonds. The second kappa shape index (κ2) is 2.01. The lowest BCUT2D eigenvalue weighted by Crippen LogP contribution is -2.11. The topological polar surface area (TPSA) is 37.3 Å². The largest absolute Gasteiger partial charge is 0.481 e. The van der Waals surface area contributed by atoms with E-state index in [2.05, 4.69) is 6.92 Å². The molecule has 1 N–H and O–H groups in total. The molecule has 2 nitrogen and oxygen atoms in total. The van der Waals surface area contributed by atoms with Gasteiger partial charge in [0.2, 0.25) is 0 Å². The minimum absolute atomic E-state index is 0.125. The van der Waals surface area contributed by atoms with Crippen molar-refractivity contribution < 1.29 is 9.90 Å². The van der Waals surface area contributed by atoms with Crippen LogP contribution < -0.4 is 0 Å². The summed E-state index contributed by atoms with van der Waals surface area (Å²) in [4.78, 5) is 10.3. The molecule has 1 aliphatic rings. The van der Waals surface area contributed by atoms with E-state index in [1.165, 1.54) is 0 Å². The second-order valence-electron chi connectivity index (χ2n) is 3.00. The molecule has 1 aliphatic carbocycles. The van der Waals surface area contributed by atoms with E-state index < -0.39 is 5.97 Å². The summed E-state index contributed by atoms with van der Waals surface area (Å²) in [5.41, 5.74) is 0. The van der Waals surface area contributed by atoms with Crippen LogP contribution in [0.25, 0.3) is 0 Å². The number of hydrogen-bond acceptors (Lipinski definition) is 1. The Morgan fingerprint density at radius 1 is 1.78 bits per heavy atom. The molecule has 0 aromatic rings. The third kappa shape index (κ3) is 1.23. The first-order valence-electron chi connectivity index (χ1n) is 3.35. The summed E-state index contributed by atoms with van der Waals surface area (Å²) in [6.07, 6.45) is 1.10. The summed E-state index contributed by atoms with van der Waals surface area (Å²) in [5.74, 6) is 0.336. The fourth-order valence-electron chi connectivity index (χ4n) is 1.23. The maximum absolute atomic E-state index is 10.3. The van der Waals surface area contributed by atoms with Crippen LogP contribution in [-0.4, -0.2) is 11.1 Å². The summed E-state index contributed by atoms with van der Waals surface area (Å²) in [6.45, 7) is 3.89. The summed E-state index contributed by atoms with van der Waals surface area (Å²) < 4.78 is 0. The zero-order valence-electron chi connectivity index (χ0n) is 5.79. The number of carboxylic acids is 1. The highest BCUT2D eigenvalue weighted by molar-refractivity contribution is 5.70. The van der Waals surface area contributed by atoms with Crippen LogP contribution in [0.4, 0.5) is 0 Å². The Kier molecular flexibility index (Phi) is 1.47. The van der Waals surface area contributed by atoms with E-state index in [1.54, 1.807) is 6.92 Å². The lowest BCUT2D eigenvalue weighted by atomic mass is 10.1. The van der Waals surface area contributed by atoms with Gasteiger partial charge in [-0.2, -0.15) is 0 Å². The van der Waals surface area contributed by atoms with Gasteiger partial charge in [-0.15, -0.1) is 0 Å². The molecule has 0 saturated heterocycles. The number of hydrogen-bond donors (Lipinski definition) is 1. The Bertz CT molecular complexity index is 131. The number of rotatable bonds is 2. The first-order valence-corrected chi connectivity index (χ1v) is 3.35. The molecule has 0 heterocycles. The van der Waals surface area contributed by atoms with Crippen molar-refractivity contribution in [2.75, 3.05) is 0 Å². The quantitative estimate of drug-likeness (QED) is 0.609. The maximum atomic E-state index is 10.3. The fraction of sp³-hybridized carbons (Fsp3) is 0.857. The molecule has 2 heteroatoms. The van der Waals surface area contributed by atoms with Crippen LogP contribution in [0.3, 0.4) is 0 Å². The average Bonchev–Trinajstić information content (AvgIpc) is 2.44. The lowest BCUT2D eigenvalue weighted by Gasteiger charge is -2.01. The second-order valence-corrected chi connectivity index (χ2v) is 3.00. The summed E-state index contributed by atoms with van der Waals surface area (Å²) in [7, 11) is 0. The summed E-state index contributed by atoms with van der Waals surface area (Å²) >= 11 is 0. The van der Waals surface area contributed by atoms with Gasteiger partial charge in [0.25, 0.3) is 0 Å². The van der Waals surface area contributed by atoms with Gasteiger partial charge in [-0.1, -0.05) is 13.8 Å². The molecule has 3 unspecified atom stereocenters. The van der Waals surface area contributed by atoms with Crippen molar-refractivity contribution in [2.24, 2.45) is 17.8 Å². The fourth-order valence-corrected chi connectivity index (χ4v) is 1.23. The highest BCUT2D eigenvalue weighted by Gasteiger charge is 2.40. The van der Waals surface area contributed by atoms with E-state index in [0.29, 0.717) is 11.8 Å². The van der Waals surface area contributed by atoms with E-state index in [-0.39, 0.29) is 5.92 Å². The van der Waals surface area contributed by atoms with Gasteiger partial charge in [-0.3, -0.25) is 4.79 Å². The first-order chi connectivity index (χ1) is 4.13. The van der Waals surface area contributed by atoms with E-state index in [4.69, 9.17) is 5.11 Å². The molecule has 0 radical (unpaired) electrons. The highest BCUT2D eigenvalue weighted by Crippen LogP contribution is 2.43. The average molecular weight is 128 g/mol. The van der Waals surface area contributed by atoms with Gasteiger partial charge in [0, 0.05) is 0 Å². The third-order valence-corrected chi connectivity index (χ3v) is 2.20. The van der Waals surface area contributed by atoms with Gasteiger partial charge >= 0.3 is 5.97 Å². The normalized spacial score (nSPS) is 35.8. The van der Waals surface area contributed by atoms with Crippen molar-refractivity contribution >= 4 is 5.97 Å². The Morgan fingerprint density at radius 2 is 2.22 bits per heavy atom. The standard InChI is InChI=1S/C7H12O2/c1-4-3-6(4)5(2)7(8)9/h4-6H,3H2,1-2H3,(H,8,9). The Hall–Kier alpha value is -0.530. The van der Waals surface area contributed by atoms with Gasteiger partial charge in [0.1, 0.15) is 0 Å². The zero-order chi connectivity index (χ0) is 7.02. The van der Waals surface area contributed by atoms with Gasteiger partial charge in [-0.05, 0) is 18.3 Å². The predicted molar refractivity (Wildman–Crippen MR) is 34.1 cm³/mol. The van der Waals surface area contributed by atoms with Crippen LogP contribution in [0.1, 0.15) is 20.3 Å². The molecular weight excluding hydrogens is 116 g/mol. The van der Waals surface area contributed by atoms with E-state index in [9.17, 15) is 4.79 Å². The zero-order valence-corrected chi connectivity index (χ0v) is 5.79. The summed E-state index contributed by atoms with van der Waals surface area (Å²) in [6, 6.07) is 0. The molecule has 0 aromatic carbocycles. The molecule has 52 valence electrons. The Morgan fingerprint density at radius 3 is 2.33 bits per heavy atom. The van der Waals surface area contributed by atoms with E-state index >= 15 is 0 Å². The molecule has 0 spiro atoms. The number of carboxylic acid groups (broad SMARTS) is 1. The van der Waals surface area contributed by atoms with Gasteiger partial charge in [0.05, 0.1) is 5.92 Å². The van der Waals surface area contributed by atoms with E-state index in [1.807, 2.05) is 0 Å². The van der Waals surface area contributed by atoms with Crippen molar-refractivity contribution in [3.05, 3.63) is 0 Å². The summed E-state index contributed by atoms with van der Waals surface area (Å²) in [5, 5.41) is 8.51. The van der Waals surface area contributed by atoms with Crippen LogP contribution in [0, 0.1) is 17.8 Å². The molecule has 3 atom stereocenters. The molecule has 0 bridgehead atoms. The number of carbonyl (C=O) groups is 1. The third-order valence-electron chi connectivity index (χ3n) is 2.20. The van der Waals surface area contributed by atoms with Gasteiger partial charge in [-0.25, -0.2) is 0 Å². The van der Waals surface area contributed by atoms with Crippen molar-refractivity contribution in [1.82, 2.24) is 0 Å². The van der Waals surface area contributed by atoms with Crippen LogP contribution >= 0.6 is 0 Å². The van der Waals surface area contributed by atoms with Crippen molar-refractivity contribution in [3.63, 3.8) is 0 Å². The minimum atomic E-state index is -0.649. The van der Waals surface area contributed by atoms with Crippen LogP contribution in [0.2, 0.25) is 0 Å². The van der Waals surface area contributed by atoms with E-state index in [0.717, 1.165) is 6.42 Å². The van der Waals surface area contributed by atoms with Gasteiger partial charge in [0.15, 0.2) is 0 Å². The smallest absolute Gasteiger partial charge is 0.306 e. The Labute approximate surface area is 54.9 Å². The maximum Gasteiger partial charge on any atom is 0.306 e. The van der Waals surface area contributed by atoms with Crippen LogP contribution in [0.15, 0.2) is 0 Å². The first kappa shape index (κ1) is 6.59. The molecule has 0 aliphatic heterocycles. The van der Waals surface area contributed by atoms with Crippen LogP contribution in [-0.2, 0) is 4.79 Å². The van der Waals surface area contributed by atoms with Crippen molar-refractivity contribution in [3.8, 4) is 0 Å². The monoisotopic (exact) mass is 128 g/mol. The highest BCUT2D eigenvalue weighted by atomic mass is 16.4. The molecule has 9 heavy (non-hydrogen) atoms. The van der Waals surface area contributed by atoms with Gasteiger partial charge < -0.3 is 5.11 Å². The lowest BCUT2D eigenvalue weighted by molar-refractivity contribution is -0.141. The SMILES string of the molecule is CC1CC1C(C)C(=O)O. The molecular formula is C7H12O2. The minimum Gasteiger partial charge on any atom is -0.481 e. The van der Waals surface area contributed by atoms with Crippen LogP contribution in [0.5, 0.6) is 0 Å². The van der Waals surface area contributed by atoms with Crippen molar-refractivity contribution in [1.29, 1.82) is 0 Å².